The Morgan fingerprint density at radius 1 is 1.22 bits per heavy atom. The van der Waals surface area contributed by atoms with Gasteiger partial charge in [-0.15, -0.1) is 0 Å². The van der Waals surface area contributed by atoms with Gasteiger partial charge in [-0.25, -0.2) is 13.2 Å². The molecule has 1 aromatic rings. The fourth-order valence-electron chi connectivity index (χ4n) is 3.35. The first-order chi connectivity index (χ1) is 12.8. The van der Waals surface area contributed by atoms with Crippen molar-refractivity contribution in [2.75, 3.05) is 18.1 Å². The molecule has 146 valence electrons. The van der Waals surface area contributed by atoms with Gasteiger partial charge in [0.1, 0.15) is 6.04 Å². The van der Waals surface area contributed by atoms with E-state index in [1.165, 1.54) is 4.90 Å². The van der Waals surface area contributed by atoms with Crippen molar-refractivity contribution < 1.29 is 22.8 Å². The van der Waals surface area contributed by atoms with Crippen molar-refractivity contribution >= 4 is 27.7 Å². The summed E-state index contributed by atoms with van der Waals surface area (Å²) in [4.78, 5) is 37.6. The second-order valence-corrected chi connectivity index (χ2v) is 9.16. The van der Waals surface area contributed by atoms with E-state index in [0.29, 0.717) is 12.8 Å². The van der Waals surface area contributed by atoms with Crippen molar-refractivity contribution in [2.24, 2.45) is 0 Å². The Morgan fingerprint density at radius 2 is 1.96 bits per heavy atom. The molecule has 0 aromatic heterocycles. The van der Waals surface area contributed by atoms with Crippen LogP contribution >= 0.6 is 0 Å². The second-order valence-electron chi connectivity index (χ2n) is 6.93. The van der Waals surface area contributed by atoms with Crippen LogP contribution in [0.5, 0.6) is 0 Å². The summed E-state index contributed by atoms with van der Waals surface area (Å²) < 4.78 is 22.8. The number of amides is 4. The number of benzene rings is 1. The summed E-state index contributed by atoms with van der Waals surface area (Å²) in [5.41, 5.74) is 1.03. The van der Waals surface area contributed by atoms with Crippen molar-refractivity contribution in [1.82, 2.24) is 15.5 Å². The van der Waals surface area contributed by atoms with Gasteiger partial charge in [-0.05, 0) is 24.8 Å². The van der Waals surface area contributed by atoms with Gasteiger partial charge in [0.05, 0.1) is 11.5 Å². The molecule has 0 saturated carbocycles. The van der Waals surface area contributed by atoms with Gasteiger partial charge in [0, 0.05) is 19.0 Å². The Bertz CT molecular complexity index is 825. The lowest BCUT2D eigenvalue weighted by Gasteiger charge is -2.14. The van der Waals surface area contributed by atoms with Gasteiger partial charge in [0.15, 0.2) is 9.84 Å². The van der Waals surface area contributed by atoms with E-state index in [0.717, 1.165) is 5.56 Å². The van der Waals surface area contributed by atoms with Gasteiger partial charge in [0.25, 0.3) is 5.91 Å². The van der Waals surface area contributed by atoms with E-state index in [1.54, 1.807) is 0 Å². The van der Waals surface area contributed by atoms with Crippen LogP contribution < -0.4 is 10.6 Å². The molecule has 0 bridgehead atoms. The number of hydrogen-bond donors (Lipinski definition) is 2. The van der Waals surface area contributed by atoms with E-state index < -0.39 is 21.9 Å². The SMILES string of the molecule is O=C(CC[C@@H]1NC(=O)N(CCc2ccccc2)C1=O)N[C@@H]1CCS(=O)(=O)C1. The van der Waals surface area contributed by atoms with Gasteiger partial charge >= 0.3 is 6.03 Å². The molecule has 1 aromatic carbocycles. The summed E-state index contributed by atoms with van der Waals surface area (Å²) in [5.74, 6) is -0.578. The minimum Gasteiger partial charge on any atom is -0.352 e. The molecule has 0 radical (unpaired) electrons. The standard InChI is InChI=1S/C18H23N3O5S/c22-16(19-14-9-11-27(25,26)12-14)7-6-15-17(23)21(18(24)20-15)10-8-13-4-2-1-3-5-13/h1-5,14-15H,6-12H2,(H,19,22)(H,20,24)/t14-,15+/m1/s1. The van der Waals surface area contributed by atoms with Crippen LogP contribution in [0.2, 0.25) is 0 Å². The average molecular weight is 393 g/mol. The zero-order chi connectivity index (χ0) is 19.4. The number of carbonyl (C=O) groups is 3. The number of nitrogens with one attached hydrogen (secondary N) is 2. The predicted octanol–water partition coefficient (Wildman–Crippen LogP) is 0.233. The molecular weight excluding hydrogens is 370 g/mol. The summed E-state index contributed by atoms with van der Waals surface area (Å²) in [6, 6.07) is 8.05. The van der Waals surface area contributed by atoms with Crippen LogP contribution in [0, 0.1) is 0 Å². The summed E-state index contributed by atoms with van der Waals surface area (Å²) in [6.07, 6.45) is 1.24. The Morgan fingerprint density at radius 3 is 2.63 bits per heavy atom. The summed E-state index contributed by atoms with van der Waals surface area (Å²) in [6.45, 7) is 0.289. The van der Waals surface area contributed by atoms with E-state index in [1.807, 2.05) is 30.3 Å². The van der Waals surface area contributed by atoms with Crippen LogP contribution in [-0.4, -0.2) is 61.3 Å². The monoisotopic (exact) mass is 393 g/mol. The number of imide groups is 1. The van der Waals surface area contributed by atoms with Crippen LogP contribution in [0.3, 0.4) is 0 Å². The maximum absolute atomic E-state index is 12.4. The maximum atomic E-state index is 12.4. The number of urea groups is 1. The molecule has 2 heterocycles. The van der Waals surface area contributed by atoms with Crippen LogP contribution in [0.15, 0.2) is 30.3 Å². The molecule has 0 spiro atoms. The zero-order valence-electron chi connectivity index (χ0n) is 14.9. The van der Waals surface area contributed by atoms with E-state index in [-0.39, 0.29) is 48.7 Å². The number of nitrogens with zero attached hydrogens (tertiary/aromatic N) is 1. The third-order valence-corrected chi connectivity index (χ3v) is 6.60. The van der Waals surface area contributed by atoms with Crippen LogP contribution in [0.25, 0.3) is 0 Å². The van der Waals surface area contributed by atoms with Crippen molar-refractivity contribution in [1.29, 1.82) is 0 Å². The normalized spacial score (nSPS) is 24.1. The topological polar surface area (TPSA) is 113 Å². The van der Waals surface area contributed by atoms with Crippen LogP contribution in [0.1, 0.15) is 24.8 Å². The average Bonchev–Trinajstić information content (AvgIpc) is 3.10. The molecule has 0 aliphatic carbocycles. The van der Waals surface area contributed by atoms with E-state index in [2.05, 4.69) is 10.6 Å². The third kappa shape index (κ3) is 5.06. The minimum atomic E-state index is -3.06. The molecule has 3 rings (SSSR count). The summed E-state index contributed by atoms with van der Waals surface area (Å²) in [7, 11) is -3.06. The quantitative estimate of drug-likeness (QED) is 0.644. The molecule has 4 amide bonds. The van der Waals surface area contributed by atoms with Gasteiger partial charge in [-0.2, -0.15) is 0 Å². The van der Waals surface area contributed by atoms with Crippen LogP contribution in [-0.2, 0) is 25.8 Å². The number of sulfone groups is 1. The lowest BCUT2D eigenvalue weighted by Crippen LogP contribution is -2.37. The Hall–Kier alpha value is -2.42. The van der Waals surface area contributed by atoms with Gasteiger partial charge in [0.2, 0.25) is 5.91 Å². The summed E-state index contributed by atoms with van der Waals surface area (Å²) in [5, 5.41) is 5.30. The Labute approximate surface area is 158 Å². The largest absolute Gasteiger partial charge is 0.352 e. The first-order valence-corrected chi connectivity index (χ1v) is 10.8. The van der Waals surface area contributed by atoms with Crippen molar-refractivity contribution in [3.05, 3.63) is 35.9 Å². The molecule has 8 nitrogen and oxygen atoms in total. The van der Waals surface area contributed by atoms with Crippen molar-refractivity contribution in [3.63, 3.8) is 0 Å². The van der Waals surface area contributed by atoms with E-state index in [9.17, 15) is 22.8 Å². The predicted molar refractivity (Wildman–Crippen MR) is 98.6 cm³/mol. The highest BCUT2D eigenvalue weighted by molar-refractivity contribution is 7.91. The number of rotatable bonds is 7. The molecule has 2 atom stereocenters. The molecule has 2 N–H and O–H groups in total. The fourth-order valence-corrected chi connectivity index (χ4v) is 5.03. The third-order valence-electron chi connectivity index (χ3n) is 4.83. The lowest BCUT2D eigenvalue weighted by atomic mass is 10.1. The molecular formula is C18H23N3O5S. The molecule has 27 heavy (non-hydrogen) atoms. The van der Waals surface area contributed by atoms with Crippen molar-refractivity contribution in [3.8, 4) is 0 Å². The number of carbonyl (C=O) groups excluding carboxylic acids is 3. The van der Waals surface area contributed by atoms with Crippen LogP contribution in [0.4, 0.5) is 4.79 Å². The number of hydrogen-bond acceptors (Lipinski definition) is 5. The molecule has 2 aliphatic rings. The zero-order valence-corrected chi connectivity index (χ0v) is 15.7. The summed E-state index contributed by atoms with van der Waals surface area (Å²) >= 11 is 0. The van der Waals surface area contributed by atoms with E-state index in [4.69, 9.17) is 0 Å². The highest BCUT2D eigenvalue weighted by Crippen LogP contribution is 2.14. The Kier molecular flexibility index (Phi) is 5.79. The molecule has 9 heteroatoms. The minimum absolute atomic E-state index is 0.0366. The Balaban J connectivity index is 1.45. The van der Waals surface area contributed by atoms with Gasteiger partial charge in [-0.3, -0.25) is 14.5 Å². The highest BCUT2D eigenvalue weighted by Gasteiger charge is 2.37. The molecule has 2 fully saturated rings. The maximum Gasteiger partial charge on any atom is 0.324 e. The lowest BCUT2D eigenvalue weighted by molar-refractivity contribution is -0.127. The van der Waals surface area contributed by atoms with Crippen molar-refractivity contribution in [2.45, 2.75) is 37.8 Å². The molecule has 2 aliphatic heterocycles. The first-order valence-electron chi connectivity index (χ1n) is 9.00. The molecule has 0 unspecified atom stereocenters. The smallest absolute Gasteiger partial charge is 0.324 e. The first kappa shape index (κ1) is 19.3. The van der Waals surface area contributed by atoms with Gasteiger partial charge < -0.3 is 10.6 Å². The highest BCUT2D eigenvalue weighted by atomic mass is 32.2. The van der Waals surface area contributed by atoms with E-state index >= 15 is 0 Å². The van der Waals surface area contributed by atoms with Gasteiger partial charge in [-0.1, -0.05) is 30.3 Å². The molecule has 2 saturated heterocycles. The second kappa shape index (κ2) is 8.08. The fraction of sp³-hybridized carbons (Fsp3) is 0.500.